The third-order valence-electron chi connectivity index (χ3n) is 4.41. The van der Waals surface area contributed by atoms with Crippen molar-refractivity contribution in [2.45, 2.75) is 26.7 Å². The first-order chi connectivity index (χ1) is 12.4. The van der Waals surface area contributed by atoms with Gasteiger partial charge in [-0.15, -0.1) is 0 Å². The Kier molecular flexibility index (Phi) is 4.79. The molecule has 1 aromatic heterocycles. The largest absolute Gasteiger partial charge is 0.465 e. The second-order valence-corrected chi connectivity index (χ2v) is 6.41. The molecule has 3 N–H and O–H groups in total. The van der Waals surface area contributed by atoms with Gasteiger partial charge in [-0.25, -0.2) is 4.79 Å². The third-order valence-corrected chi connectivity index (χ3v) is 4.41. The van der Waals surface area contributed by atoms with Crippen molar-refractivity contribution in [3.05, 3.63) is 46.8 Å². The van der Waals surface area contributed by atoms with Crippen LogP contribution in [0, 0.1) is 19.8 Å². The molecule has 0 spiro atoms. The molecule has 0 radical (unpaired) electrons. The standard InChI is InChI=1S/C19H21N3O4/c1-10-15(19(25)26-3)11(2)20-16(10)18(24)22-14-8-6-13(7-9-14)21-17(23)12-4-5-12/h6-9,12,20H,4-5H2,1-3H3,(H,21,23)(H,22,24). The zero-order valence-electron chi connectivity index (χ0n) is 14.9. The molecule has 26 heavy (non-hydrogen) atoms. The highest BCUT2D eigenvalue weighted by Gasteiger charge is 2.29. The fourth-order valence-electron chi connectivity index (χ4n) is 2.81. The number of rotatable bonds is 5. The van der Waals surface area contributed by atoms with E-state index in [4.69, 9.17) is 4.74 Å². The average molecular weight is 355 g/mol. The fraction of sp³-hybridized carbons (Fsp3) is 0.316. The quantitative estimate of drug-likeness (QED) is 0.718. The highest BCUT2D eigenvalue weighted by molar-refractivity contribution is 6.07. The van der Waals surface area contributed by atoms with Gasteiger partial charge in [-0.3, -0.25) is 9.59 Å². The number of carbonyl (C=O) groups is 3. The summed E-state index contributed by atoms with van der Waals surface area (Å²) in [6.45, 7) is 3.41. The number of nitrogens with one attached hydrogen (secondary N) is 3. The summed E-state index contributed by atoms with van der Waals surface area (Å²) in [5, 5.41) is 5.62. The summed E-state index contributed by atoms with van der Waals surface area (Å²) >= 11 is 0. The zero-order chi connectivity index (χ0) is 18.8. The number of aryl methyl sites for hydroxylation is 1. The van der Waals surface area contributed by atoms with Crippen molar-refractivity contribution in [2.24, 2.45) is 5.92 Å². The summed E-state index contributed by atoms with van der Waals surface area (Å²) in [6, 6.07) is 6.91. The van der Waals surface area contributed by atoms with Crippen LogP contribution in [0.15, 0.2) is 24.3 Å². The molecule has 1 fully saturated rings. The zero-order valence-corrected chi connectivity index (χ0v) is 14.9. The minimum absolute atomic E-state index is 0.0367. The summed E-state index contributed by atoms with van der Waals surface area (Å²) in [4.78, 5) is 39.0. The van der Waals surface area contributed by atoms with Crippen molar-refractivity contribution >= 4 is 29.2 Å². The van der Waals surface area contributed by atoms with Gasteiger partial charge in [0.15, 0.2) is 0 Å². The summed E-state index contributed by atoms with van der Waals surface area (Å²) < 4.78 is 4.75. The van der Waals surface area contributed by atoms with E-state index in [9.17, 15) is 14.4 Å². The van der Waals surface area contributed by atoms with Gasteiger partial charge in [0.1, 0.15) is 5.69 Å². The van der Waals surface area contributed by atoms with Crippen molar-refractivity contribution in [1.82, 2.24) is 4.98 Å². The molecule has 2 amide bonds. The second kappa shape index (κ2) is 7.03. The van der Waals surface area contributed by atoms with Crippen molar-refractivity contribution < 1.29 is 19.1 Å². The van der Waals surface area contributed by atoms with Crippen LogP contribution in [0.25, 0.3) is 0 Å². The monoisotopic (exact) mass is 355 g/mol. The molecular weight excluding hydrogens is 334 g/mol. The summed E-state index contributed by atoms with van der Waals surface area (Å²) in [6.07, 6.45) is 1.89. The number of amides is 2. The predicted octanol–water partition coefficient (Wildman–Crippen LogP) is 3.02. The lowest BCUT2D eigenvalue weighted by Gasteiger charge is -2.08. The van der Waals surface area contributed by atoms with Gasteiger partial charge in [-0.1, -0.05) is 0 Å². The first-order valence-corrected chi connectivity index (χ1v) is 8.40. The van der Waals surface area contributed by atoms with Crippen LogP contribution in [-0.2, 0) is 9.53 Å². The van der Waals surface area contributed by atoms with Gasteiger partial charge in [0.25, 0.3) is 5.91 Å². The maximum Gasteiger partial charge on any atom is 0.339 e. The van der Waals surface area contributed by atoms with Crippen LogP contribution in [0.2, 0.25) is 0 Å². The van der Waals surface area contributed by atoms with Gasteiger partial charge in [0.05, 0.1) is 12.7 Å². The van der Waals surface area contributed by atoms with Crippen LogP contribution in [0.4, 0.5) is 11.4 Å². The Balaban J connectivity index is 1.70. The Labute approximate surface area is 151 Å². The number of benzene rings is 1. The molecule has 136 valence electrons. The topological polar surface area (TPSA) is 100 Å². The van der Waals surface area contributed by atoms with Gasteiger partial charge in [0.2, 0.25) is 5.91 Å². The van der Waals surface area contributed by atoms with E-state index in [0.29, 0.717) is 33.9 Å². The van der Waals surface area contributed by atoms with Crippen molar-refractivity contribution in [2.75, 3.05) is 17.7 Å². The molecule has 3 rings (SSSR count). The molecule has 1 aromatic carbocycles. The Morgan fingerprint density at radius 1 is 1.04 bits per heavy atom. The summed E-state index contributed by atoms with van der Waals surface area (Å²) in [5.41, 5.74) is 3.09. The maximum absolute atomic E-state index is 12.5. The van der Waals surface area contributed by atoms with Crippen LogP contribution in [0.3, 0.4) is 0 Å². The molecule has 7 heteroatoms. The number of hydrogen-bond acceptors (Lipinski definition) is 4. The minimum atomic E-state index is -0.481. The van der Waals surface area contributed by atoms with Crippen LogP contribution in [0.5, 0.6) is 0 Å². The van der Waals surface area contributed by atoms with E-state index in [1.807, 2.05) is 0 Å². The van der Waals surface area contributed by atoms with Crippen LogP contribution < -0.4 is 10.6 Å². The van der Waals surface area contributed by atoms with Crippen molar-refractivity contribution in [3.63, 3.8) is 0 Å². The lowest BCUT2D eigenvalue weighted by Crippen LogP contribution is -2.15. The van der Waals surface area contributed by atoms with Crippen LogP contribution >= 0.6 is 0 Å². The molecule has 0 aliphatic heterocycles. The average Bonchev–Trinajstić information content (AvgIpc) is 3.42. The smallest absolute Gasteiger partial charge is 0.339 e. The SMILES string of the molecule is COC(=O)c1c(C)[nH]c(C(=O)Nc2ccc(NC(=O)C3CC3)cc2)c1C. The van der Waals surface area contributed by atoms with Gasteiger partial charge < -0.3 is 20.4 Å². The second-order valence-electron chi connectivity index (χ2n) is 6.41. The Hall–Kier alpha value is -3.09. The number of carbonyl (C=O) groups excluding carboxylic acids is 3. The Morgan fingerprint density at radius 2 is 1.62 bits per heavy atom. The molecule has 0 bridgehead atoms. The first kappa shape index (κ1) is 17.7. The van der Waals surface area contributed by atoms with Crippen molar-refractivity contribution in [1.29, 1.82) is 0 Å². The fourth-order valence-corrected chi connectivity index (χ4v) is 2.81. The van der Waals surface area contributed by atoms with Crippen molar-refractivity contribution in [3.8, 4) is 0 Å². The molecule has 0 unspecified atom stereocenters. The Morgan fingerprint density at radius 3 is 2.15 bits per heavy atom. The lowest BCUT2D eigenvalue weighted by atomic mass is 10.1. The lowest BCUT2D eigenvalue weighted by molar-refractivity contribution is -0.117. The number of esters is 1. The summed E-state index contributed by atoms with van der Waals surface area (Å²) in [7, 11) is 1.30. The van der Waals surface area contributed by atoms with E-state index in [0.717, 1.165) is 12.8 Å². The highest BCUT2D eigenvalue weighted by atomic mass is 16.5. The van der Waals surface area contributed by atoms with E-state index in [2.05, 4.69) is 15.6 Å². The number of aromatic amines is 1. The minimum Gasteiger partial charge on any atom is -0.465 e. The number of anilines is 2. The summed E-state index contributed by atoms with van der Waals surface area (Å²) in [5.74, 6) is -0.659. The van der Waals surface area contributed by atoms with E-state index >= 15 is 0 Å². The number of H-pyrrole nitrogens is 1. The van der Waals surface area contributed by atoms with E-state index in [-0.39, 0.29) is 17.7 Å². The van der Waals surface area contributed by atoms with E-state index < -0.39 is 5.97 Å². The third kappa shape index (κ3) is 3.61. The molecule has 0 atom stereocenters. The number of methoxy groups -OCH3 is 1. The van der Waals surface area contributed by atoms with E-state index in [1.165, 1.54) is 7.11 Å². The molecule has 7 nitrogen and oxygen atoms in total. The van der Waals surface area contributed by atoms with E-state index in [1.54, 1.807) is 38.1 Å². The highest BCUT2D eigenvalue weighted by Crippen LogP contribution is 2.30. The molecule has 1 aliphatic rings. The molecule has 1 heterocycles. The molecular formula is C19H21N3O4. The Bertz CT molecular complexity index is 864. The molecule has 1 saturated carbocycles. The van der Waals surface area contributed by atoms with Crippen LogP contribution in [0.1, 0.15) is 44.9 Å². The predicted molar refractivity (Wildman–Crippen MR) is 97.4 cm³/mol. The maximum atomic E-state index is 12.5. The normalized spacial score (nSPS) is 13.2. The molecule has 1 aliphatic carbocycles. The van der Waals surface area contributed by atoms with Gasteiger partial charge in [-0.05, 0) is 56.5 Å². The number of aromatic nitrogens is 1. The van der Waals surface area contributed by atoms with Crippen LogP contribution in [-0.4, -0.2) is 29.9 Å². The molecule has 2 aromatic rings. The van der Waals surface area contributed by atoms with Gasteiger partial charge in [-0.2, -0.15) is 0 Å². The number of hydrogen-bond donors (Lipinski definition) is 3. The number of ether oxygens (including phenoxy) is 1. The molecule has 0 saturated heterocycles. The van der Waals surface area contributed by atoms with Gasteiger partial charge in [0, 0.05) is 23.0 Å². The van der Waals surface area contributed by atoms with Gasteiger partial charge >= 0.3 is 5.97 Å². The first-order valence-electron chi connectivity index (χ1n) is 8.40.